The molecule has 1 aliphatic heterocycles. The average Bonchev–Trinajstić information content (AvgIpc) is 2.56. The van der Waals surface area contributed by atoms with Gasteiger partial charge in [-0.15, -0.1) is 0 Å². The molecule has 1 N–H and O–H groups in total. The predicted octanol–water partition coefficient (Wildman–Crippen LogP) is 4.36. The first kappa shape index (κ1) is 17.0. The molecule has 2 rings (SSSR count). The van der Waals surface area contributed by atoms with Crippen molar-refractivity contribution in [3.8, 4) is 5.75 Å². The van der Waals surface area contributed by atoms with Crippen LogP contribution in [0.2, 0.25) is 0 Å². The molecule has 0 radical (unpaired) electrons. The van der Waals surface area contributed by atoms with Crippen molar-refractivity contribution < 1.29 is 4.74 Å². The summed E-state index contributed by atoms with van der Waals surface area (Å²) >= 11 is 4.27. The molecule has 3 unspecified atom stereocenters. The molecule has 0 amide bonds. The van der Waals surface area contributed by atoms with Crippen LogP contribution in [0.3, 0.4) is 0 Å². The number of hydrogen-bond acceptors (Lipinski definition) is 4. The molecule has 2 nitrogen and oxygen atoms in total. The first-order valence-corrected chi connectivity index (χ1v) is 10.0. The molecule has 1 saturated heterocycles. The van der Waals surface area contributed by atoms with Gasteiger partial charge in [-0.1, -0.05) is 32.0 Å². The van der Waals surface area contributed by atoms with Crippen LogP contribution in [0.1, 0.15) is 38.3 Å². The lowest BCUT2D eigenvalue weighted by atomic mass is 9.99. The highest BCUT2D eigenvalue weighted by molar-refractivity contribution is 8.07. The Balaban J connectivity index is 2.28. The van der Waals surface area contributed by atoms with Crippen LogP contribution in [0.5, 0.6) is 5.75 Å². The van der Waals surface area contributed by atoms with Crippen molar-refractivity contribution in [2.45, 2.75) is 43.2 Å². The molecule has 3 atom stereocenters. The summed E-state index contributed by atoms with van der Waals surface area (Å²) in [6.45, 7) is 5.60. The standard InChI is InChI=1S/C17H27NOS2/c1-4-10-18-16(13-8-6-7-9-14(13)19-3)17-15(5-2)20-11-12-21-17/h6-9,15-18H,4-5,10-12H2,1-3H3. The van der Waals surface area contributed by atoms with E-state index < -0.39 is 0 Å². The Morgan fingerprint density at radius 2 is 2.00 bits per heavy atom. The van der Waals surface area contributed by atoms with Crippen LogP contribution in [0, 0.1) is 0 Å². The maximum atomic E-state index is 5.61. The van der Waals surface area contributed by atoms with Gasteiger partial charge in [-0.25, -0.2) is 0 Å². The van der Waals surface area contributed by atoms with E-state index in [-0.39, 0.29) is 0 Å². The molecule has 1 aromatic rings. The van der Waals surface area contributed by atoms with Crippen molar-refractivity contribution in [3.63, 3.8) is 0 Å². The fraction of sp³-hybridized carbons (Fsp3) is 0.647. The summed E-state index contributed by atoms with van der Waals surface area (Å²) in [7, 11) is 1.77. The van der Waals surface area contributed by atoms with Crippen LogP contribution in [-0.4, -0.2) is 35.7 Å². The van der Waals surface area contributed by atoms with Gasteiger partial charge in [-0.05, 0) is 25.5 Å². The lowest BCUT2D eigenvalue weighted by Crippen LogP contribution is -2.39. The second-order valence-corrected chi connectivity index (χ2v) is 7.96. The summed E-state index contributed by atoms with van der Waals surface area (Å²) in [5, 5.41) is 5.13. The van der Waals surface area contributed by atoms with E-state index in [1.54, 1.807) is 7.11 Å². The molecule has 0 aromatic heterocycles. The quantitative estimate of drug-likeness (QED) is 0.803. The largest absolute Gasteiger partial charge is 0.496 e. The van der Waals surface area contributed by atoms with Crippen molar-refractivity contribution in [2.24, 2.45) is 0 Å². The maximum Gasteiger partial charge on any atom is 0.123 e. The van der Waals surface area contributed by atoms with Gasteiger partial charge >= 0.3 is 0 Å². The zero-order valence-electron chi connectivity index (χ0n) is 13.3. The summed E-state index contributed by atoms with van der Waals surface area (Å²) in [6, 6.07) is 8.86. The molecule has 4 heteroatoms. The third-order valence-corrected chi connectivity index (χ3v) is 7.26. The molecule has 1 heterocycles. The van der Waals surface area contributed by atoms with Gasteiger partial charge in [0.25, 0.3) is 0 Å². The lowest BCUT2D eigenvalue weighted by molar-refractivity contribution is 0.395. The van der Waals surface area contributed by atoms with Crippen molar-refractivity contribution in [1.82, 2.24) is 5.32 Å². The van der Waals surface area contributed by atoms with E-state index in [0.717, 1.165) is 24.0 Å². The van der Waals surface area contributed by atoms with Crippen molar-refractivity contribution in [1.29, 1.82) is 0 Å². The minimum Gasteiger partial charge on any atom is -0.496 e. The van der Waals surface area contributed by atoms with Crippen molar-refractivity contribution in [2.75, 3.05) is 25.2 Å². The van der Waals surface area contributed by atoms with Gasteiger partial charge in [0.2, 0.25) is 0 Å². The number of thioether (sulfide) groups is 2. The summed E-state index contributed by atoms with van der Waals surface area (Å²) in [5.74, 6) is 3.55. The van der Waals surface area contributed by atoms with Crippen molar-refractivity contribution >= 4 is 23.5 Å². The van der Waals surface area contributed by atoms with Crippen LogP contribution < -0.4 is 10.1 Å². The molecule has 21 heavy (non-hydrogen) atoms. The Morgan fingerprint density at radius 1 is 1.24 bits per heavy atom. The Labute approximate surface area is 137 Å². The number of para-hydroxylation sites is 1. The summed E-state index contributed by atoms with van der Waals surface area (Å²) in [6.07, 6.45) is 2.40. The van der Waals surface area contributed by atoms with Gasteiger partial charge in [-0.3, -0.25) is 0 Å². The van der Waals surface area contributed by atoms with E-state index in [1.165, 1.54) is 23.5 Å². The van der Waals surface area contributed by atoms with E-state index in [2.05, 4.69) is 67.0 Å². The predicted molar refractivity (Wildman–Crippen MR) is 96.8 cm³/mol. The highest BCUT2D eigenvalue weighted by Gasteiger charge is 2.33. The van der Waals surface area contributed by atoms with Crippen molar-refractivity contribution in [3.05, 3.63) is 29.8 Å². The Bertz CT molecular complexity index is 427. The van der Waals surface area contributed by atoms with Crippen LogP contribution in [0.25, 0.3) is 0 Å². The van der Waals surface area contributed by atoms with E-state index in [0.29, 0.717) is 11.3 Å². The van der Waals surface area contributed by atoms with Gasteiger partial charge in [0.15, 0.2) is 0 Å². The van der Waals surface area contributed by atoms with Gasteiger partial charge in [0.1, 0.15) is 5.75 Å². The first-order valence-electron chi connectivity index (χ1n) is 7.91. The molecule has 0 saturated carbocycles. The van der Waals surface area contributed by atoms with Gasteiger partial charge < -0.3 is 10.1 Å². The number of hydrogen-bond donors (Lipinski definition) is 1. The third kappa shape index (κ3) is 4.33. The summed E-state index contributed by atoms with van der Waals surface area (Å²) in [4.78, 5) is 0. The number of ether oxygens (including phenoxy) is 1. The average molecular weight is 326 g/mol. The molecule has 1 fully saturated rings. The highest BCUT2D eigenvalue weighted by Crippen LogP contribution is 2.42. The molecule has 0 aliphatic carbocycles. The number of benzene rings is 1. The van der Waals surface area contributed by atoms with Gasteiger partial charge in [0.05, 0.1) is 7.11 Å². The molecule has 0 bridgehead atoms. The fourth-order valence-electron chi connectivity index (χ4n) is 2.87. The van der Waals surface area contributed by atoms with Crippen LogP contribution in [-0.2, 0) is 0 Å². The smallest absolute Gasteiger partial charge is 0.123 e. The minimum atomic E-state index is 0.379. The zero-order valence-corrected chi connectivity index (χ0v) is 14.9. The highest BCUT2D eigenvalue weighted by atomic mass is 32.2. The molecular weight excluding hydrogens is 298 g/mol. The summed E-state index contributed by atoms with van der Waals surface area (Å²) in [5.41, 5.74) is 1.31. The SMILES string of the molecule is CCCNC(c1ccccc1OC)C1SCCSC1CC. The fourth-order valence-corrected chi connectivity index (χ4v) is 6.11. The maximum absolute atomic E-state index is 5.61. The summed E-state index contributed by atoms with van der Waals surface area (Å²) < 4.78 is 5.61. The third-order valence-electron chi connectivity index (χ3n) is 3.91. The van der Waals surface area contributed by atoms with Crippen LogP contribution in [0.4, 0.5) is 0 Å². The van der Waals surface area contributed by atoms with E-state index in [9.17, 15) is 0 Å². The van der Waals surface area contributed by atoms with Crippen LogP contribution in [0.15, 0.2) is 24.3 Å². The number of nitrogens with one attached hydrogen (secondary N) is 1. The van der Waals surface area contributed by atoms with Gasteiger partial charge in [0, 0.05) is 33.6 Å². The Kier molecular flexibility index (Phi) is 7.27. The van der Waals surface area contributed by atoms with E-state index >= 15 is 0 Å². The van der Waals surface area contributed by atoms with E-state index in [4.69, 9.17) is 4.74 Å². The normalized spacial score (nSPS) is 23.8. The molecule has 0 spiro atoms. The molecule has 118 valence electrons. The number of rotatable bonds is 7. The topological polar surface area (TPSA) is 21.3 Å². The second-order valence-electron chi connectivity index (χ2n) is 5.33. The number of methoxy groups -OCH3 is 1. The second kappa shape index (κ2) is 8.96. The molecule has 1 aliphatic rings. The molecular formula is C17H27NOS2. The monoisotopic (exact) mass is 325 g/mol. The minimum absolute atomic E-state index is 0.379. The zero-order chi connectivity index (χ0) is 15.1. The lowest BCUT2D eigenvalue weighted by Gasteiger charge is -2.37. The first-order chi connectivity index (χ1) is 10.3. The van der Waals surface area contributed by atoms with Crippen LogP contribution >= 0.6 is 23.5 Å². The van der Waals surface area contributed by atoms with Gasteiger partial charge in [-0.2, -0.15) is 23.5 Å². The molecule has 1 aromatic carbocycles. The van der Waals surface area contributed by atoms with E-state index in [1.807, 2.05) is 0 Å². The Hall–Kier alpha value is -0.320. The Morgan fingerprint density at radius 3 is 2.71 bits per heavy atom.